The lowest BCUT2D eigenvalue weighted by Gasteiger charge is -2.09. The second-order valence-electron chi connectivity index (χ2n) is 4.74. The highest BCUT2D eigenvalue weighted by atomic mass is 32.1. The minimum atomic E-state index is -0.198. The van der Waals surface area contributed by atoms with E-state index in [1.54, 1.807) is 11.3 Å². The molecule has 92 valence electrons. The van der Waals surface area contributed by atoms with E-state index in [9.17, 15) is 4.79 Å². The van der Waals surface area contributed by atoms with Gasteiger partial charge >= 0.3 is 5.69 Å². The summed E-state index contributed by atoms with van der Waals surface area (Å²) in [6.07, 6.45) is 4.67. The number of fused-ring (bicyclic) bond motifs is 5. The van der Waals surface area contributed by atoms with Crippen LogP contribution in [0.4, 0.5) is 0 Å². The first-order valence-electron chi connectivity index (χ1n) is 6.14. The normalized spacial score (nSPS) is 15.4. The van der Waals surface area contributed by atoms with Gasteiger partial charge in [-0.25, -0.2) is 9.78 Å². The smallest absolute Gasteiger partial charge is 0.297 e. The molecular weight excluding hydrogens is 248 g/mol. The minimum Gasteiger partial charge on any atom is -0.297 e. The number of thiophene rings is 1. The Kier molecular flexibility index (Phi) is 1.94. The topological polar surface area (TPSA) is 63.0 Å². The van der Waals surface area contributed by atoms with Crippen LogP contribution in [0, 0.1) is 6.92 Å². The Bertz CT molecular complexity index is 826. The van der Waals surface area contributed by atoms with Crippen molar-refractivity contribution < 1.29 is 0 Å². The van der Waals surface area contributed by atoms with Crippen molar-refractivity contribution in [2.45, 2.75) is 32.6 Å². The number of aromatic nitrogens is 4. The minimum absolute atomic E-state index is 0.198. The molecule has 3 aromatic rings. The molecule has 0 spiro atoms. The van der Waals surface area contributed by atoms with E-state index in [4.69, 9.17) is 0 Å². The third-order valence-electron chi connectivity index (χ3n) is 3.52. The van der Waals surface area contributed by atoms with Crippen LogP contribution in [0.5, 0.6) is 0 Å². The molecule has 0 aromatic carbocycles. The first-order chi connectivity index (χ1) is 8.74. The summed E-state index contributed by atoms with van der Waals surface area (Å²) in [6, 6.07) is 0. The van der Waals surface area contributed by atoms with Gasteiger partial charge in [-0.2, -0.15) is 4.52 Å². The molecule has 3 aromatic heterocycles. The molecule has 0 amide bonds. The van der Waals surface area contributed by atoms with E-state index in [0.717, 1.165) is 23.1 Å². The molecule has 0 atom stereocenters. The number of nitrogens with zero attached hydrogens (tertiary/aromatic N) is 3. The summed E-state index contributed by atoms with van der Waals surface area (Å²) in [7, 11) is 0. The highest BCUT2D eigenvalue weighted by molar-refractivity contribution is 7.19. The molecule has 18 heavy (non-hydrogen) atoms. The first-order valence-corrected chi connectivity index (χ1v) is 6.95. The van der Waals surface area contributed by atoms with Crippen LogP contribution in [0.1, 0.15) is 29.1 Å². The van der Waals surface area contributed by atoms with Gasteiger partial charge < -0.3 is 0 Å². The summed E-state index contributed by atoms with van der Waals surface area (Å²) < 4.78 is 1.39. The molecule has 0 fully saturated rings. The van der Waals surface area contributed by atoms with Gasteiger partial charge in [0.15, 0.2) is 5.65 Å². The van der Waals surface area contributed by atoms with Crippen LogP contribution in [-0.2, 0) is 12.8 Å². The first kappa shape index (κ1) is 10.3. The lowest BCUT2D eigenvalue weighted by atomic mass is 9.97. The molecule has 1 N–H and O–H groups in total. The fourth-order valence-corrected chi connectivity index (χ4v) is 4.03. The molecule has 3 heterocycles. The van der Waals surface area contributed by atoms with Gasteiger partial charge in [0, 0.05) is 4.88 Å². The number of rotatable bonds is 0. The van der Waals surface area contributed by atoms with Crippen molar-refractivity contribution in [3.05, 3.63) is 26.7 Å². The number of hydrogen-bond donors (Lipinski definition) is 1. The summed E-state index contributed by atoms with van der Waals surface area (Å²) in [5, 5.41) is 5.26. The van der Waals surface area contributed by atoms with E-state index in [2.05, 4.69) is 15.1 Å². The molecule has 0 bridgehead atoms. The van der Waals surface area contributed by atoms with E-state index in [1.807, 2.05) is 6.92 Å². The van der Waals surface area contributed by atoms with Gasteiger partial charge in [-0.3, -0.25) is 4.98 Å². The van der Waals surface area contributed by atoms with Crippen molar-refractivity contribution >= 4 is 27.2 Å². The standard InChI is InChI=1S/C12H12N4OS/c1-6-13-10-9-7-4-2-3-5-8(7)18-11(9)14-12(17)16(10)15-6/h2-5H2,1H3,(H,14,17). The van der Waals surface area contributed by atoms with Gasteiger partial charge in [-0.15, -0.1) is 16.4 Å². The van der Waals surface area contributed by atoms with E-state index < -0.39 is 0 Å². The quantitative estimate of drug-likeness (QED) is 0.670. The number of nitrogens with one attached hydrogen (secondary N) is 1. The van der Waals surface area contributed by atoms with Gasteiger partial charge in [0.25, 0.3) is 0 Å². The predicted octanol–water partition coefficient (Wildman–Crippen LogP) is 1.82. The largest absolute Gasteiger partial charge is 0.349 e. The second kappa shape index (κ2) is 3.41. The Balaban J connectivity index is 2.25. The third-order valence-corrected chi connectivity index (χ3v) is 4.73. The molecule has 1 aliphatic rings. The highest BCUT2D eigenvalue weighted by Gasteiger charge is 2.20. The average molecular weight is 260 g/mol. The van der Waals surface area contributed by atoms with Crippen molar-refractivity contribution in [3.63, 3.8) is 0 Å². The van der Waals surface area contributed by atoms with Crippen LogP contribution in [0.2, 0.25) is 0 Å². The summed E-state index contributed by atoms with van der Waals surface area (Å²) in [5.74, 6) is 0.642. The molecule has 0 aliphatic heterocycles. The zero-order valence-electron chi connectivity index (χ0n) is 9.99. The summed E-state index contributed by atoms with van der Waals surface area (Å²) >= 11 is 1.70. The Hall–Kier alpha value is -1.69. The number of aromatic amines is 1. The van der Waals surface area contributed by atoms with E-state index in [-0.39, 0.29) is 5.69 Å². The van der Waals surface area contributed by atoms with Crippen molar-refractivity contribution in [1.82, 2.24) is 19.6 Å². The Morgan fingerprint density at radius 1 is 1.33 bits per heavy atom. The van der Waals surface area contributed by atoms with Crippen LogP contribution < -0.4 is 5.69 Å². The SMILES string of the molecule is Cc1nc2c3c4c(sc3[nH]c(=O)n2n1)CCCC4. The maximum atomic E-state index is 11.9. The van der Waals surface area contributed by atoms with Crippen molar-refractivity contribution in [3.8, 4) is 0 Å². The fourth-order valence-electron chi connectivity index (χ4n) is 2.76. The average Bonchev–Trinajstić information content (AvgIpc) is 2.88. The molecular formula is C12H12N4OS. The molecule has 0 unspecified atom stereocenters. The van der Waals surface area contributed by atoms with Crippen LogP contribution in [0.3, 0.4) is 0 Å². The number of hydrogen-bond acceptors (Lipinski definition) is 4. The fraction of sp³-hybridized carbons (Fsp3) is 0.417. The van der Waals surface area contributed by atoms with E-state index in [1.165, 1.54) is 27.8 Å². The molecule has 4 rings (SSSR count). The summed E-state index contributed by atoms with van der Waals surface area (Å²) in [4.78, 5) is 21.6. The van der Waals surface area contributed by atoms with Crippen LogP contribution in [0.25, 0.3) is 15.9 Å². The van der Waals surface area contributed by atoms with Gasteiger partial charge in [0.1, 0.15) is 10.7 Å². The van der Waals surface area contributed by atoms with Crippen LogP contribution in [-0.4, -0.2) is 19.6 Å². The maximum Gasteiger partial charge on any atom is 0.349 e. The Labute approximate surface area is 106 Å². The molecule has 0 saturated carbocycles. The predicted molar refractivity (Wildman–Crippen MR) is 70.4 cm³/mol. The van der Waals surface area contributed by atoms with Crippen molar-refractivity contribution in [2.24, 2.45) is 0 Å². The monoisotopic (exact) mass is 260 g/mol. The van der Waals surface area contributed by atoms with Gasteiger partial charge in [-0.05, 0) is 38.2 Å². The van der Waals surface area contributed by atoms with Gasteiger partial charge in [0.2, 0.25) is 0 Å². The van der Waals surface area contributed by atoms with E-state index >= 15 is 0 Å². The third kappa shape index (κ3) is 1.23. The van der Waals surface area contributed by atoms with Crippen molar-refractivity contribution in [2.75, 3.05) is 0 Å². The summed E-state index contributed by atoms with van der Waals surface area (Å²) in [6.45, 7) is 1.82. The van der Waals surface area contributed by atoms with Crippen molar-refractivity contribution in [1.29, 1.82) is 0 Å². The molecule has 5 nitrogen and oxygen atoms in total. The van der Waals surface area contributed by atoms with Gasteiger partial charge in [0.05, 0.1) is 5.39 Å². The maximum absolute atomic E-state index is 11.9. The number of aryl methyl sites for hydroxylation is 3. The lowest BCUT2D eigenvalue weighted by molar-refractivity contribution is 0.700. The van der Waals surface area contributed by atoms with Crippen LogP contribution in [0.15, 0.2) is 4.79 Å². The van der Waals surface area contributed by atoms with Gasteiger partial charge in [-0.1, -0.05) is 0 Å². The second-order valence-corrected chi connectivity index (χ2v) is 5.84. The molecule has 0 saturated heterocycles. The zero-order chi connectivity index (χ0) is 12.3. The van der Waals surface area contributed by atoms with Crippen LogP contribution >= 0.6 is 11.3 Å². The Morgan fingerprint density at radius 2 is 2.17 bits per heavy atom. The summed E-state index contributed by atoms with van der Waals surface area (Å²) in [5.41, 5.74) is 1.89. The Morgan fingerprint density at radius 3 is 3.06 bits per heavy atom. The molecule has 1 aliphatic carbocycles. The lowest BCUT2D eigenvalue weighted by Crippen LogP contribution is -2.17. The van der Waals surface area contributed by atoms with E-state index in [0.29, 0.717) is 11.5 Å². The highest BCUT2D eigenvalue weighted by Crippen LogP contribution is 2.36. The number of H-pyrrole nitrogens is 1. The molecule has 0 radical (unpaired) electrons. The molecule has 6 heteroatoms. The zero-order valence-corrected chi connectivity index (χ0v) is 10.8.